The van der Waals surface area contributed by atoms with Crippen LogP contribution in [0.4, 0.5) is 10.1 Å². The lowest BCUT2D eigenvalue weighted by Crippen LogP contribution is -2.31. The van der Waals surface area contributed by atoms with E-state index in [-0.39, 0.29) is 22.6 Å². The topological polar surface area (TPSA) is 83.9 Å². The van der Waals surface area contributed by atoms with E-state index in [4.69, 9.17) is 4.74 Å². The Kier molecular flexibility index (Phi) is 3.33. The van der Waals surface area contributed by atoms with Crippen LogP contribution in [0.3, 0.4) is 0 Å². The molecule has 0 saturated heterocycles. The lowest BCUT2D eigenvalue weighted by molar-refractivity contribution is 0.0697. The molecule has 1 aliphatic heterocycles. The van der Waals surface area contributed by atoms with Crippen molar-refractivity contribution in [1.29, 1.82) is 0 Å². The fraction of sp³-hybridized carbons (Fsp3) is 0.0625. The summed E-state index contributed by atoms with van der Waals surface area (Å²) in [5, 5.41) is 9.30. The van der Waals surface area contributed by atoms with E-state index in [1.54, 1.807) is 12.1 Å². The summed E-state index contributed by atoms with van der Waals surface area (Å²) in [6.45, 7) is 0. The fourth-order valence-electron chi connectivity index (χ4n) is 2.46. The molecule has 6 nitrogen and oxygen atoms in total. The third kappa shape index (κ3) is 2.13. The molecule has 7 heteroatoms. The van der Waals surface area contributed by atoms with Crippen molar-refractivity contribution in [1.82, 2.24) is 0 Å². The summed E-state index contributed by atoms with van der Waals surface area (Å²) in [7, 11) is 1.19. The average molecular weight is 315 g/mol. The maximum Gasteiger partial charge on any atom is 0.337 e. The van der Waals surface area contributed by atoms with Gasteiger partial charge < -0.3 is 9.84 Å². The molecule has 1 heterocycles. The van der Waals surface area contributed by atoms with Gasteiger partial charge in [-0.2, -0.15) is 0 Å². The van der Waals surface area contributed by atoms with Gasteiger partial charge in [0.2, 0.25) is 0 Å². The summed E-state index contributed by atoms with van der Waals surface area (Å²) in [4.78, 5) is 36.9. The van der Waals surface area contributed by atoms with E-state index in [9.17, 15) is 23.9 Å². The van der Waals surface area contributed by atoms with E-state index in [2.05, 4.69) is 0 Å². The molecule has 23 heavy (non-hydrogen) atoms. The third-order valence-corrected chi connectivity index (χ3v) is 3.54. The number of rotatable bonds is 3. The van der Waals surface area contributed by atoms with Gasteiger partial charge in [-0.3, -0.25) is 9.59 Å². The molecule has 0 aliphatic carbocycles. The number of carboxylic acids is 1. The second-order valence-electron chi connectivity index (χ2n) is 4.80. The number of benzene rings is 2. The molecule has 1 aliphatic rings. The molecule has 2 aromatic carbocycles. The van der Waals surface area contributed by atoms with Gasteiger partial charge in [0.25, 0.3) is 11.8 Å². The van der Waals surface area contributed by atoms with Gasteiger partial charge in [-0.25, -0.2) is 14.1 Å². The first-order valence-electron chi connectivity index (χ1n) is 6.54. The Morgan fingerprint density at radius 1 is 1.13 bits per heavy atom. The van der Waals surface area contributed by atoms with Crippen LogP contribution in [0.5, 0.6) is 5.75 Å². The zero-order valence-corrected chi connectivity index (χ0v) is 11.9. The van der Waals surface area contributed by atoms with E-state index in [0.717, 1.165) is 12.1 Å². The van der Waals surface area contributed by atoms with E-state index in [1.807, 2.05) is 0 Å². The second kappa shape index (κ2) is 5.20. The van der Waals surface area contributed by atoms with Crippen LogP contribution in [0.15, 0.2) is 36.4 Å². The van der Waals surface area contributed by atoms with Crippen LogP contribution in [-0.4, -0.2) is 30.0 Å². The number of hydrogen-bond donors (Lipinski definition) is 1. The Morgan fingerprint density at radius 2 is 1.70 bits per heavy atom. The van der Waals surface area contributed by atoms with Crippen molar-refractivity contribution in [3.63, 3.8) is 0 Å². The Morgan fingerprint density at radius 3 is 2.17 bits per heavy atom. The van der Waals surface area contributed by atoms with Crippen LogP contribution < -0.4 is 9.64 Å². The van der Waals surface area contributed by atoms with Gasteiger partial charge in [0.1, 0.15) is 0 Å². The number of ether oxygens (including phenoxy) is 1. The molecule has 0 unspecified atom stereocenters. The summed E-state index contributed by atoms with van der Waals surface area (Å²) in [5.74, 6) is -3.96. The fourth-order valence-corrected chi connectivity index (χ4v) is 2.46. The largest absolute Gasteiger partial charge is 0.494 e. The first kappa shape index (κ1) is 14.7. The highest BCUT2D eigenvalue weighted by molar-refractivity contribution is 6.35. The summed E-state index contributed by atoms with van der Waals surface area (Å²) in [6, 6.07) is 7.83. The molecule has 0 spiro atoms. The number of hydrogen-bond acceptors (Lipinski definition) is 4. The number of imide groups is 1. The Bertz CT molecular complexity index is 827. The number of anilines is 1. The zero-order chi connectivity index (χ0) is 16.7. The van der Waals surface area contributed by atoms with Crippen molar-refractivity contribution in [2.24, 2.45) is 0 Å². The van der Waals surface area contributed by atoms with Gasteiger partial charge >= 0.3 is 5.97 Å². The molecule has 0 aromatic heterocycles. The lowest BCUT2D eigenvalue weighted by Gasteiger charge is -2.17. The molecule has 3 rings (SSSR count). The van der Waals surface area contributed by atoms with Gasteiger partial charge in [-0.1, -0.05) is 12.1 Å². The first-order chi connectivity index (χ1) is 11.0. The molecule has 116 valence electrons. The van der Waals surface area contributed by atoms with E-state index in [1.165, 1.54) is 19.2 Å². The molecular weight excluding hydrogens is 305 g/mol. The quantitative estimate of drug-likeness (QED) is 0.879. The maximum absolute atomic E-state index is 14.0. The van der Waals surface area contributed by atoms with E-state index in [0.29, 0.717) is 4.90 Å². The van der Waals surface area contributed by atoms with Crippen molar-refractivity contribution in [2.45, 2.75) is 0 Å². The van der Waals surface area contributed by atoms with Crippen molar-refractivity contribution in [3.8, 4) is 5.75 Å². The van der Waals surface area contributed by atoms with Crippen molar-refractivity contribution >= 4 is 23.5 Å². The van der Waals surface area contributed by atoms with Crippen LogP contribution in [0.2, 0.25) is 0 Å². The number of fused-ring (bicyclic) bond motifs is 1. The van der Waals surface area contributed by atoms with Crippen LogP contribution in [-0.2, 0) is 0 Å². The van der Waals surface area contributed by atoms with Gasteiger partial charge in [0.15, 0.2) is 11.6 Å². The molecule has 0 bridgehead atoms. The third-order valence-electron chi connectivity index (χ3n) is 3.54. The summed E-state index contributed by atoms with van der Waals surface area (Å²) in [5.41, 5.74) is -0.449. The monoisotopic (exact) mass is 315 g/mol. The van der Waals surface area contributed by atoms with Gasteiger partial charge in [-0.05, 0) is 18.2 Å². The van der Waals surface area contributed by atoms with Crippen LogP contribution in [0.25, 0.3) is 0 Å². The summed E-state index contributed by atoms with van der Waals surface area (Å²) >= 11 is 0. The molecule has 0 saturated carbocycles. The lowest BCUT2D eigenvalue weighted by atomic mass is 10.1. The molecule has 0 fully saturated rings. The Hall–Kier alpha value is -3.22. The standard InChI is InChI=1S/C16H10FNO5/c1-23-13-6-10(16(21)22)12(7-11(13)17)18-14(19)8-4-2-3-5-9(8)15(18)20/h2-7H,1H3,(H,21,22). The SMILES string of the molecule is COc1cc(C(=O)O)c(N2C(=O)c3ccccc3C2=O)cc1F. The van der Waals surface area contributed by atoms with Gasteiger partial charge in [0, 0.05) is 6.07 Å². The molecule has 1 N–H and O–H groups in total. The zero-order valence-electron chi connectivity index (χ0n) is 11.9. The van der Waals surface area contributed by atoms with Crippen molar-refractivity contribution < 1.29 is 28.6 Å². The molecule has 0 atom stereocenters. The molecule has 0 radical (unpaired) electrons. The Labute approximate surface area is 129 Å². The predicted molar refractivity (Wildman–Crippen MR) is 77.5 cm³/mol. The van der Waals surface area contributed by atoms with Crippen LogP contribution in [0, 0.1) is 5.82 Å². The normalized spacial score (nSPS) is 13.2. The van der Waals surface area contributed by atoms with Gasteiger partial charge in [-0.15, -0.1) is 0 Å². The highest BCUT2D eigenvalue weighted by atomic mass is 19.1. The molecule has 2 amide bonds. The summed E-state index contributed by atoms with van der Waals surface area (Å²) < 4.78 is 18.7. The minimum Gasteiger partial charge on any atom is -0.494 e. The number of methoxy groups -OCH3 is 1. The number of halogens is 1. The predicted octanol–water partition coefficient (Wildman–Crippen LogP) is 2.33. The van der Waals surface area contributed by atoms with Crippen LogP contribution in [0.1, 0.15) is 31.1 Å². The number of carbonyl (C=O) groups is 3. The number of carboxylic acid groups (broad SMARTS) is 1. The average Bonchev–Trinajstić information content (AvgIpc) is 2.79. The minimum atomic E-state index is -1.41. The van der Waals surface area contributed by atoms with Gasteiger partial charge in [0.05, 0.1) is 29.5 Å². The number of aromatic carboxylic acids is 1. The van der Waals surface area contributed by atoms with E-state index >= 15 is 0 Å². The minimum absolute atomic E-state index is 0.144. The maximum atomic E-state index is 14.0. The van der Waals surface area contributed by atoms with Crippen molar-refractivity contribution in [3.05, 3.63) is 58.9 Å². The highest BCUT2D eigenvalue weighted by Gasteiger charge is 2.38. The van der Waals surface area contributed by atoms with Crippen molar-refractivity contribution in [2.75, 3.05) is 12.0 Å². The molecule has 2 aromatic rings. The number of amides is 2. The molecular formula is C16H10FNO5. The van der Waals surface area contributed by atoms with Crippen LogP contribution >= 0.6 is 0 Å². The Balaban J connectivity index is 2.20. The number of nitrogens with zero attached hydrogens (tertiary/aromatic N) is 1. The highest BCUT2D eigenvalue weighted by Crippen LogP contribution is 2.34. The smallest absolute Gasteiger partial charge is 0.337 e. The second-order valence-corrected chi connectivity index (χ2v) is 4.80. The summed E-state index contributed by atoms with van der Waals surface area (Å²) in [6.07, 6.45) is 0. The van der Waals surface area contributed by atoms with E-state index < -0.39 is 29.2 Å². The first-order valence-corrected chi connectivity index (χ1v) is 6.54. The number of carbonyl (C=O) groups excluding carboxylic acids is 2.